The molecule has 0 amide bonds. The van der Waals surface area contributed by atoms with E-state index in [-0.39, 0.29) is 11.1 Å². The second-order valence-corrected chi connectivity index (χ2v) is 8.09. The van der Waals surface area contributed by atoms with Gasteiger partial charge in [0, 0.05) is 19.8 Å². The minimum atomic E-state index is -2.73. The van der Waals surface area contributed by atoms with Crippen LogP contribution in [0.15, 0.2) is 0 Å². The molecule has 1 atom stereocenters. The lowest BCUT2D eigenvalue weighted by Crippen LogP contribution is -2.61. The zero-order chi connectivity index (χ0) is 13.5. The molecule has 104 valence electrons. The highest BCUT2D eigenvalue weighted by Crippen LogP contribution is 2.26. The van der Waals surface area contributed by atoms with Crippen LogP contribution < -0.4 is 5.73 Å². The van der Waals surface area contributed by atoms with Crippen LogP contribution in [0.4, 0.5) is 0 Å². The molecule has 5 heteroatoms. The Labute approximate surface area is 107 Å². The third-order valence-electron chi connectivity index (χ3n) is 2.32. The van der Waals surface area contributed by atoms with Crippen LogP contribution in [-0.4, -0.2) is 34.3 Å². The summed E-state index contributed by atoms with van der Waals surface area (Å²) < 4.78 is 17.4. The summed E-state index contributed by atoms with van der Waals surface area (Å²) in [6, 6.07) is 0. The molecule has 17 heavy (non-hydrogen) atoms. The van der Waals surface area contributed by atoms with Crippen molar-refractivity contribution in [3.63, 3.8) is 0 Å². The van der Waals surface area contributed by atoms with Crippen LogP contribution in [-0.2, 0) is 13.3 Å². The van der Waals surface area contributed by atoms with E-state index in [9.17, 15) is 0 Å². The maximum absolute atomic E-state index is 6.28. The van der Waals surface area contributed by atoms with E-state index in [0.29, 0.717) is 19.8 Å². The predicted molar refractivity (Wildman–Crippen MR) is 72.7 cm³/mol. The molecular weight excluding hydrogens is 234 g/mol. The van der Waals surface area contributed by atoms with Crippen LogP contribution in [0.1, 0.15) is 48.0 Å². The molecule has 0 aromatic rings. The summed E-state index contributed by atoms with van der Waals surface area (Å²) in [6.07, 6.45) is 0.833. The van der Waals surface area contributed by atoms with E-state index in [1.54, 1.807) is 0 Å². The highest BCUT2D eigenvalue weighted by Gasteiger charge is 2.48. The molecule has 0 bridgehead atoms. The van der Waals surface area contributed by atoms with Crippen molar-refractivity contribution in [2.24, 2.45) is 11.1 Å². The van der Waals surface area contributed by atoms with Crippen LogP contribution in [0.3, 0.4) is 0 Å². The fourth-order valence-corrected chi connectivity index (χ4v) is 4.80. The molecule has 0 aliphatic heterocycles. The highest BCUT2D eigenvalue weighted by atomic mass is 28.4. The van der Waals surface area contributed by atoms with E-state index >= 15 is 0 Å². The van der Waals surface area contributed by atoms with Gasteiger partial charge in [-0.3, -0.25) is 0 Å². The molecule has 0 aliphatic rings. The van der Waals surface area contributed by atoms with Crippen molar-refractivity contribution < 1.29 is 13.3 Å². The molecule has 0 aromatic heterocycles. The third kappa shape index (κ3) is 5.97. The Hall–Kier alpha value is 0.0569. The molecule has 0 aromatic carbocycles. The first kappa shape index (κ1) is 17.1. The van der Waals surface area contributed by atoms with Crippen LogP contribution in [0.25, 0.3) is 0 Å². The van der Waals surface area contributed by atoms with Gasteiger partial charge in [-0.15, -0.1) is 0 Å². The van der Waals surface area contributed by atoms with Gasteiger partial charge < -0.3 is 19.0 Å². The van der Waals surface area contributed by atoms with E-state index in [1.165, 1.54) is 0 Å². The molecule has 2 N–H and O–H groups in total. The van der Waals surface area contributed by atoms with E-state index in [1.807, 2.05) is 20.8 Å². The topological polar surface area (TPSA) is 53.7 Å². The fourth-order valence-electron chi connectivity index (χ4n) is 1.83. The van der Waals surface area contributed by atoms with Crippen molar-refractivity contribution in [1.29, 1.82) is 0 Å². The van der Waals surface area contributed by atoms with Gasteiger partial charge >= 0.3 is 8.80 Å². The molecule has 0 heterocycles. The molecule has 0 rings (SSSR count). The summed E-state index contributed by atoms with van der Waals surface area (Å²) in [5.41, 5.74) is 6.26. The Bertz CT molecular complexity index is 189. The molecule has 0 saturated heterocycles. The molecular formula is C12H29NO3Si. The summed E-state index contributed by atoms with van der Waals surface area (Å²) >= 11 is 0. The Morgan fingerprint density at radius 2 is 1.29 bits per heavy atom. The fraction of sp³-hybridized carbons (Fsp3) is 1.00. The lowest BCUT2D eigenvalue weighted by atomic mass is 9.92. The monoisotopic (exact) mass is 263 g/mol. The van der Waals surface area contributed by atoms with Gasteiger partial charge in [-0.25, -0.2) is 0 Å². The van der Waals surface area contributed by atoms with Crippen LogP contribution in [0.5, 0.6) is 0 Å². The third-order valence-corrected chi connectivity index (χ3v) is 5.51. The van der Waals surface area contributed by atoms with Crippen LogP contribution in [0.2, 0.25) is 0 Å². The zero-order valence-corrected chi connectivity index (χ0v) is 13.2. The van der Waals surface area contributed by atoms with Gasteiger partial charge in [0.2, 0.25) is 0 Å². The molecule has 0 radical (unpaired) electrons. The second kappa shape index (κ2) is 7.48. The Morgan fingerprint density at radius 1 is 0.941 bits per heavy atom. The van der Waals surface area contributed by atoms with E-state index < -0.39 is 8.80 Å². The Kier molecular flexibility index (Phi) is 7.51. The lowest BCUT2D eigenvalue weighted by molar-refractivity contribution is 0.0574. The standard InChI is InChI=1S/C12H29NO3Si/c1-7-14-17(15-8-2,16-9-3)11(13)10-12(4,5)6/h11H,7-10,13H2,1-6H3. The minimum absolute atomic E-state index is 0.142. The van der Waals surface area contributed by atoms with Crippen molar-refractivity contribution in [2.75, 3.05) is 19.8 Å². The van der Waals surface area contributed by atoms with Gasteiger partial charge in [0.1, 0.15) is 0 Å². The van der Waals surface area contributed by atoms with Crippen LogP contribution >= 0.6 is 0 Å². The number of rotatable bonds is 8. The SMILES string of the molecule is CCO[Si](OCC)(OCC)C(N)CC(C)(C)C. The quantitative estimate of drug-likeness (QED) is 0.683. The van der Waals surface area contributed by atoms with E-state index in [0.717, 1.165) is 6.42 Å². The Balaban J connectivity index is 4.83. The second-order valence-electron chi connectivity index (χ2n) is 5.27. The smallest absolute Gasteiger partial charge is 0.373 e. The summed E-state index contributed by atoms with van der Waals surface area (Å²) in [6.45, 7) is 14.1. The first-order valence-corrected chi connectivity index (χ1v) is 8.29. The largest absolute Gasteiger partial charge is 0.518 e. The van der Waals surface area contributed by atoms with Crippen molar-refractivity contribution in [2.45, 2.75) is 53.6 Å². The molecule has 0 saturated carbocycles. The van der Waals surface area contributed by atoms with Gasteiger partial charge in [0.05, 0.1) is 5.67 Å². The average Bonchev–Trinajstić information content (AvgIpc) is 2.16. The predicted octanol–water partition coefficient (Wildman–Crippen LogP) is 2.34. The van der Waals surface area contributed by atoms with Gasteiger partial charge in [-0.1, -0.05) is 20.8 Å². The molecule has 0 spiro atoms. The summed E-state index contributed by atoms with van der Waals surface area (Å²) in [5, 5.41) is 0. The van der Waals surface area contributed by atoms with E-state index in [2.05, 4.69) is 20.8 Å². The molecule has 0 fully saturated rings. The van der Waals surface area contributed by atoms with E-state index in [4.69, 9.17) is 19.0 Å². The van der Waals surface area contributed by atoms with Gasteiger partial charge in [0.15, 0.2) is 0 Å². The van der Waals surface area contributed by atoms with Gasteiger partial charge in [-0.2, -0.15) is 0 Å². The Morgan fingerprint density at radius 3 is 1.53 bits per heavy atom. The van der Waals surface area contributed by atoms with Crippen molar-refractivity contribution in [3.8, 4) is 0 Å². The summed E-state index contributed by atoms with van der Waals surface area (Å²) in [4.78, 5) is 0. The number of hydrogen-bond acceptors (Lipinski definition) is 4. The summed E-state index contributed by atoms with van der Waals surface area (Å²) in [7, 11) is -2.73. The zero-order valence-electron chi connectivity index (χ0n) is 12.2. The molecule has 4 nitrogen and oxygen atoms in total. The van der Waals surface area contributed by atoms with Gasteiger partial charge in [-0.05, 0) is 32.6 Å². The summed E-state index contributed by atoms with van der Waals surface area (Å²) in [5.74, 6) is 0. The lowest BCUT2D eigenvalue weighted by Gasteiger charge is -2.35. The van der Waals surface area contributed by atoms with Crippen molar-refractivity contribution in [1.82, 2.24) is 0 Å². The first-order valence-electron chi connectivity index (χ1n) is 6.48. The van der Waals surface area contributed by atoms with Gasteiger partial charge in [0.25, 0.3) is 0 Å². The van der Waals surface area contributed by atoms with Crippen molar-refractivity contribution in [3.05, 3.63) is 0 Å². The maximum atomic E-state index is 6.28. The molecule has 0 aliphatic carbocycles. The first-order chi connectivity index (χ1) is 7.81. The average molecular weight is 263 g/mol. The van der Waals surface area contributed by atoms with Crippen molar-refractivity contribution >= 4 is 8.80 Å². The maximum Gasteiger partial charge on any atom is 0.518 e. The number of nitrogens with two attached hydrogens (primary N) is 1. The minimum Gasteiger partial charge on any atom is -0.373 e. The normalized spacial score (nSPS) is 15.0. The highest BCUT2D eigenvalue weighted by molar-refractivity contribution is 6.62. The number of hydrogen-bond donors (Lipinski definition) is 1. The van der Waals surface area contributed by atoms with Crippen LogP contribution in [0, 0.1) is 5.41 Å². The molecule has 1 unspecified atom stereocenters.